The van der Waals surface area contributed by atoms with Gasteiger partial charge in [-0.3, -0.25) is 0 Å². The number of benzene rings is 1. The Kier molecular flexibility index (Phi) is 5.82. The van der Waals surface area contributed by atoms with E-state index in [2.05, 4.69) is 10.1 Å². The Bertz CT molecular complexity index is 315. The molecule has 96 valence electrons. The van der Waals surface area contributed by atoms with Gasteiger partial charge in [0.15, 0.2) is 0 Å². The van der Waals surface area contributed by atoms with Crippen LogP contribution in [0.1, 0.15) is 5.56 Å². The SMILES string of the molecule is OCC(CO)NCc1ccc(OC(F)F)cc1. The van der Waals surface area contributed by atoms with E-state index in [1.165, 1.54) is 12.1 Å². The van der Waals surface area contributed by atoms with Crippen molar-refractivity contribution in [1.82, 2.24) is 5.32 Å². The maximum absolute atomic E-state index is 11.9. The summed E-state index contributed by atoms with van der Waals surface area (Å²) in [5.74, 6) is 0.101. The second kappa shape index (κ2) is 7.16. The summed E-state index contributed by atoms with van der Waals surface area (Å²) in [5.41, 5.74) is 0.846. The first-order chi connectivity index (χ1) is 8.15. The van der Waals surface area contributed by atoms with Crippen LogP contribution < -0.4 is 10.1 Å². The van der Waals surface area contributed by atoms with Crippen molar-refractivity contribution in [2.45, 2.75) is 19.2 Å². The normalized spacial score (nSPS) is 11.2. The molecular formula is C11H15F2NO3. The van der Waals surface area contributed by atoms with Crippen LogP contribution in [-0.4, -0.2) is 36.1 Å². The Morgan fingerprint density at radius 1 is 1.12 bits per heavy atom. The molecule has 4 nitrogen and oxygen atoms in total. The van der Waals surface area contributed by atoms with Crippen LogP contribution >= 0.6 is 0 Å². The van der Waals surface area contributed by atoms with E-state index >= 15 is 0 Å². The fourth-order valence-corrected chi connectivity index (χ4v) is 1.24. The Morgan fingerprint density at radius 3 is 2.18 bits per heavy atom. The molecule has 17 heavy (non-hydrogen) atoms. The summed E-state index contributed by atoms with van der Waals surface area (Å²) >= 11 is 0. The van der Waals surface area contributed by atoms with E-state index in [4.69, 9.17) is 10.2 Å². The van der Waals surface area contributed by atoms with Crippen LogP contribution in [0.3, 0.4) is 0 Å². The maximum Gasteiger partial charge on any atom is 0.387 e. The van der Waals surface area contributed by atoms with Gasteiger partial charge < -0.3 is 20.3 Å². The van der Waals surface area contributed by atoms with E-state index in [1.54, 1.807) is 12.1 Å². The predicted octanol–water partition coefficient (Wildman–Crippen LogP) is 0.731. The molecule has 0 atom stereocenters. The van der Waals surface area contributed by atoms with Crippen LogP contribution in [0.25, 0.3) is 0 Å². The van der Waals surface area contributed by atoms with Gasteiger partial charge in [-0.2, -0.15) is 8.78 Å². The predicted molar refractivity (Wildman–Crippen MR) is 57.9 cm³/mol. The second-order valence-electron chi connectivity index (χ2n) is 3.47. The second-order valence-corrected chi connectivity index (χ2v) is 3.47. The van der Waals surface area contributed by atoms with E-state index in [9.17, 15) is 8.78 Å². The zero-order valence-electron chi connectivity index (χ0n) is 9.14. The molecule has 0 heterocycles. The Balaban J connectivity index is 2.45. The van der Waals surface area contributed by atoms with Gasteiger partial charge in [-0.1, -0.05) is 12.1 Å². The zero-order chi connectivity index (χ0) is 12.7. The van der Waals surface area contributed by atoms with Crippen molar-refractivity contribution < 1.29 is 23.7 Å². The summed E-state index contributed by atoms with van der Waals surface area (Å²) < 4.78 is 28.0. The van der Waals surface area contributed by atoms with Crippen LogP contribution in [0, 0.1) is 0 Å². The molecule has 0 aliphatic heterocycles. The molecule has 1 rings (SSSR count). The molecule has 1 aromatic rings. The highest BCUT2D eigenvalue weighted by Gasteiger charge is 2.06. The molecule has 6 heteroatoms. The molecule has 1 aromatic carbocycles. The Hall–Kier alpha value is -1.24. The lowest BCUT2D eigenvalue weighted by molar-refractivity contribution is -0.0498. The zero-order valence-corrected chi connectivity index (χ0v) is 9.14. The molecule has 0 radical (unpaired) electrons. The minimum absolute atomic E-state index is 0.101. The van der Waals surface area contributed by atoms with Crippen molar-refractivity contribution in [3.05, 3.63) is 29.8 Å². The number of halogens is 2. The molecule has 3 N–H and O–H groups in total. The highest BCUT2D eigenvalue weighted by atomic mass is 19.3. The van der Waals surface area contributed by atoms with Crippen LogP contribution in [0.2, 0.25) is 0 Å². The molecule has 0 unspecified atom stereocenters. The van der Waals surface area contributed by atoms with Gasteiger partial charge in [0.25, 0.3) is 0 Å². The Labute approximate surface area is 97.8 Å². The number of ether oxygens (including phenoxy) is 1. The molecule has 0 spiro atoms. The number of alkyl halides is 2. The van der Waals surface area contributed by atoms with Gasteiger partial charge in [0.1, 0.15) is 5.75 Å². The van der Waals surface area contributed by atoms with Gasteiger partial charge >= 0.3 is 6.61 Å². The van der Waals surface area contributed by atoms with Gasteiger partial charge in [0.05, 0.1) is 19.3 Å². The first kappa shape index (κ1) is 13.8. The lowest BCUT2D eigenvalue weighted by atomic mass is 10.2. The van der Waals surface area contributed by atoms with Crippen LogP contribution in [0.4, 0.5) is 8.78 Å². The fraction of sp³-hybridized carbons (Fsp3) is 0.455. The third-order valence-corrected chi connectivity index (χ3v) is 2.18. The number of nitrogens with one attached hydrogen (secondary N) is 1. The van der Waals surface area contributed by atoms with Gasteiger partial charge in [-0.05, 0) is 17.7 Å². The van der Waals surface area contributed by atoms with E-state index in [0.717, 1.165) is 5.56 Å². The molecule has 0 aromatic heterocycles. The van der Waals surface area contributed by atoms with E-state index in [1.807, 2.05) is 0 Å². The minimum atomic E-state index is -2.83. The molecule has 0 bridgehead atoms. The first-order valence-electron chi connectivity index (χ1n) is 5.14. The van der Waals surface area contributed by atoms with Gasteiger partial charge in [-0.15, -0.1) is 0 Å². The monoisotopic (exact) mass is 247 g/mol. The van der Waals surface area contributed by atoms with Gasteiger partial charge in [0, 0.05) is 6.54 Å². The summed E-state index contributed by atoms with van der Waals surface area (Å²) in [5, 5.41) is 20.5. The van der Waals surface area contributed by atoms with Crippen molar-refractivity contribution in [2.24, 2.45) is 0 Å². The number of hydrogen-bond donors (Lipinski definition) is 3. The fourth-order valence-electron chi connectivity index (χ4n) is 1.24. The largest absolute Gasteiger partial charge is 0.435 e. The minimum Gasteiger partial charge on any atom is -0.435 e. The third kappa shape index (κ3) is 5.08. The maximum atomic E-state index is 11.9. The summed E-state index contributed by atoms with van der Waals surface area (Å²) in [6, 6.07) is 5.77. The van der Waals surface area contributed by atoms with Gasteiger partial charge in [0.2, 0.25) is 0 Å². The lowest BCUT2D eigenvalue weighted by Crippen LogP contribution is -2.35. The summed E-state index contributed by atoms with van der Waals surface area (Å²) in [4.78, 5) is 0. The number of aliphatic hydroxyl groups is 2. The molecule has 0 aliphatic carbocycles. The van der Waals surface area contributed by atoms with Crippen LogP contribution in [0.15, 0.2) is 24.3 Å². The molecule has 0 amide bonds. The smallest absolute Gasteiger partial charge is 0.387 e. The molecule has 0 saturated carbocycles. The van der Waals surface area contributed by atoms with Crippen molar-refractivity contribution in [3.63, 3.8) is 0 Å². The molecule has 0 fully saturated rings. The van der Waals surface area contributed by atoms with E-state index in [-0.39, 0.29) is 25.0 Å². The van der Waals surface area contributed by atoms with E-state index in [0.29, 0.717) is 6.54 Å². The first-order valence-corrected chi connectivity index (χ1v) is 5.14. The van der Waals surface area contributed by atoms with Crippen molar-refractivity contribution in [3.8, 4) is 5.75 Å². The quantitative estimate of drug-likeness (QED) is 0.664. The van der Waals surface area contributed by atoms with Crippen LogP contribution in [0.5, 0.6) is 5.75 Å². The summed E-state index contributed by atoms with van der Waals surface area (Å²) in [7, 11) is 0. The highest BCUT2D eigenvalue weighted by Crippen LogP contribution is 2.14. The van der Waals surface area contributed by atoms with Crippen molar-refractivity contribution in [1.29, 1.82) is 0 Å². The molecule has 0 saturated heterocycles. The highest BCUT2D eigenvalue weighted by molar-refractivity contribution is 5.27. The average Bonchev–Trinajstić information content (AvgIpc) is 2.32. The standard InChI is InChI=1S/C11H15F2NO3/c12-11(13)17-10-3-1-8(2-4-10)5-14-9(6-15)7-16/h1-4,9,11,14-16H,5-7H2. The third-order valence-electron chi connectivity index (χ3n) is 2.18. The van der Waals surface area contributed by atoms with Crippen molar-refractivity contribution in [2.75, 3.05) is 13.2 Å². The van der Waals surface area contributed by atoms with E-state index < -0.39 is 6.61 Å². The van der Waals surface area contributed by atoms with Crippen molar-refractivity contribution >= 4 is 0 Å². The van der Waals surface area contributed by atoms with Gasteiger partial charge in [-0.25, -0.2) is 0 Å². The molecule has 0 aliphatic rings. The topological polar surface area (TPSA) is 61.7 Å². The summed E-state index contributed by atoms with van der Waals surface area (Å²) in [6.07, 6.45) is 0. The Morgan fingerprint density at radius 2 is 1.71 bits per heavy atom. The number of rotatable bonds is 7. The average molecular weight is 247 g/mol. The van der Waals surface area contributed by atoms with Crippen LogP contribution in [-0.2, 0) is 6.54 Å². The summed E-state index contributed by atoms with van der Waals surface area (Å²) in [6.45, 7) is -2.72. The lowest BCUT2D eigenvalue weighted by Gasteiger charge is -2.13. The molecular weight excluding hydrogens is 232 g/mol. The number of hydrogen-bond acceptors (Lipinski definition) is 4. The number of aliphatic hydroxyl groups excluding tert-OH is 2.